The molecule has 2 aromatic rings. The molecule has 0 bridgehead atoms. The van der Waals surface area contributed by atoms with Crippen LogP contribution in [0.2, 0.25) is 0 Å². The lowest BCUT2D eigenvalue weighted by Gasteiger charge is -2.08. The molecule has 2 rings (SSSR count). The maximum Gasteiger partial charge on any atom is 0.274 e. The second-order valence-corrected chi connectivity index (χ2v) is 6.09. The molecule has 1 heterocycles. The predicted octanol–water partition coefficient (Wildman–Crippen LogP) is 1.49. The number of rotatable bonds is 7. The summed E-state index contributed by atoms with van der Waals surface area (Å²) in [6.07, 6.45) is 0. The summed E-state index contributed by atoms with van der Waals surface area (Å²) in [4.78, 5) is 0. The molecule has 1 aromatic carbocycles. The monoisotopic (exact) mass is 310 g/mol. The first kappa shape index (κ1) is 15.6. The summed E-state index contributed by atoms with van der Waals surface area (Å²) in [6.45, 7) is 0.608. The van der Waals surface area contributed by atoms with Gasteiger partial charge in [0.15, 0.2) is 0 Å². The van der Waals surface area contributed by atoms with Crippen LogP contribution in [0.15, 0.2) is 45.9 Å². The zero-order chi connectivity index (χ0) is 15.3. The quantitative estimate of drug-likeness (QED) is 0.810. The molecule has 0 fully saturated rings. The van der Waals surface area contributed by atoms with Crippen LogP contribution in [0, 0.1) is 0 Å². The van der Waals surface area contributed by atoms with Crippen molar-refractivity contribution in [2.75, 3.05) is 14.2 Å². The maximum absolute atomic E-state index is 12.2. The van der Waals surface area contributed by atoms with Gasteiger partial charge in [0.25, 0.3) is 10.0 Å². The first-order valence-electron chi connectivity index (χ1n) is 6.41. The molecule has 0 saturated carbocycles. The Bertz CT molecular complexity index is 695. The van der Waals surface area contributed by atoms with Crippen molar-refractivity contribution < 1.29 is 17.6 Å². The molecule has 0 amide bonds. The lowest BCUT2D eigenvalue weighted by molar-refractivity contribution is 0.402. The molecule has 1 aromatic heterocycles. The Balaban J connectivity index is 2.10. The van der Waals surface area contributed by atoms with Crippen LogP contribution in [0.1, 0.15) is 11.3 Å². The summed E-state index contributed by atoms with van der Waals surface area (Å²) in [7, 11) is -0.375. The molecular formula is C14H18N2O4S. The number of benzene rings is 1. The van der Waals surface area contributed by atoms with Crippen LogP contribution in [0.25, 0.3) is 0 Å². The second-order valence-electron chi connectivity index (χ2n) is 4.39. The van der Waals surface area contributed by atoms with Crippen LogP contribution >= 0.6 is 0 Å². The molecule has 0 unspecified atom stereocenters. The molecule has 2 N–H and O–H groups in total. The Morgan fingerprint density at radius 1 is 1.14 bits per heavy atom. The van der Waals surface area contributed by atoms with Crippen LogP contribution in [-0.2, 0) is 23.1 Å². The van der Waals surface area contributed by atoms with Crippen molar-refractivity contribution in [2.24, 2.45) is 0 Å². The van der Waals surface area contributed by atoms with Crippen molar-refractivity contribution in [1.82, 2.24) is 10.0 Å². The van der Waals surface area contributed by atoms with Crippen molar-refractivity contribution in [2.45, 2.75) is 18.2 Å². The molecular weight excluding hydrogens is 292 g/mol. The molecule has 7 heteroatoms. The molecule has 21 heavy (non-hydrogen) atoms. The Morgan fingerprint density at radius 3 is 2.62 bits per heavy atom. The molecule has 0 saturated heterocycles. The molecule has 0 radical (unpaired) electrons. The molecule has 0 spiro atoms. The molecule has 0 aliphatic carbocycles. The minimum absolute atomic E-state index is 0.0948. The van der Waals surface area contributed by atoms with Crippen molar-refractivity contribution in [1.29, 1.82) is 0 Å². The van der Waals surface area contributed by atoms with Crippen molar-refractivity contribution in [3.05, 3.63) is 47.7 Å². The van der Waals surface area contributed by atoms with Gasteiger partial charge < -0.3 is 14.5 Å². The number of hydrogen-bond donors (Lipinski definition) is 2. The van der Waals surface area contributed by atoms with E-state index in [0.717, 1.165) is 5.56 Å². The molecule has 6 nitrogen and oxygen atoms in total. The summed E-state index contributed by atoms with van der Waals surface area (Å²) in [5.41, 5.74) is 0.755. The van der Waals surface area contributed by atoms with Gasteiger partial charge >= 0.3 is 0 Å². The van der Waals surface area contributed by atoms with Gasteiger partial charge in [-0.2, -0.15) is 0 Å². The fourth-order valence-electron chi connectivity index (χ4n) is 1.86. The van der Waals surface area contributed by atoms with Crippen molar-refractivity contribution >= 4 is 10.0 Å². The average molecular weight is 310 g/mol. The van der Waals surface area contributed by atoms with E-state index in [9.17, 15) is 8.42 Å². The number of sulfonamides is 1. The fraction of sp³-hybridized carbons (Fsp3) is 0.286. The third-order valence-electron chi connectivity index (χ3n) is 2.90. The topological polar surface area (TPSA) is 80.6 Å². The first-order chi connectivity index (χ1) is 10.1. The first-order valence-corrected chi connectivity index (χ1v) is 7.90. The largest absolute Gasteiger partial charge is 0.496 e. The average Bonchev–Trinajstić information content (AvgIpc) is 2.95. The highest BCUT2D eigenvalue weighted by atomic mass is 32.2. The van der Waals surface area contributed by atoms with E-state index in [4.69, 9.17) is 9.15 Å². The van der Waals surface area contributed by atoms with Crippen LogP contribution in [-0.4, -0.2) is 22.6 Å². The maximum atomic E-state index is 12.2. The number of methoxy groups -OCH3 is 1. The summed E-state index contributed by atoms with van der Waals surface area (Å²) < 4.78 is 37.3. The molecule has 0 atom stereocenters. The summed E-state index contributed by atoms with van der Waals surface area (Å²) in [6, 6.07) is 10.3. The summed E-state index contributed by atoms with van der Waals surface area (Å²) >= 11 is 0. The number of ether oxygens (including phenoxy) is 1. The van der Waals surface area contributed by atoms with Crippen LogP contribution < -0.4 is 14.8 Å². The number of nitrogens with one attached hydrogen (secondary N) is 2. The van der Waals surface area contributed by atoms with Gasteiger partial charge in [-0.05, 0) is 25.2 Å². The van der Waals surface area contributed by atoms with Crippen LogP contribution in [0.5, 0.6) is 5.75 Å². The summed E-state index contributed by atoms with van der Waals surface area (Å²) in [5.74, 6) is 1.20. The lowest BCUT2D eigenvalue weighted by atomic mass is 10.2. The van der Waals surface area contributed by atoms with E-state index in [1.807, 2.05) is 12.1 Å². The van der Waals surface area contributed by atoms with Gasteiger partial charge in [-0.3, -0.25) is 0 Å². The van der Waals surface area contributed by atoms with Gasteiger partial charge in [0.05, 0.1) is 13.7 Å². The third-order valence-corrected chi connectivity index (χ3v) is 4.17. The second kappa shape index (κ2) is 6.75. The Hall–Kier alpha value is -1.83. The van der Waals surface area contributed by atoms with Gasteiger partial charge in [0.1, 0.15) is 11.5 Å². The highest BCUT2D eigenvalue weighted by Gasteiger charge is 2.19. The molecule has 0 aliphatic heterocycles. The van der Waals surface area contributed by atoms with E-state index in [0.29, 0.717) is 18.1 Å². The zero-order valence-corrected chi connectivity index (χ0v) is 12.7. The lowest BCUT2D eigenvalue weighted by Crippen LogP contribution is -2.23. The highest BCUT2D eigenvalue weighted by Crippen LogP contribution is 2.19. The Kier molecular flexibility index (Phi) is 5.00. The van der Waals surface area contributed by atoms with Gasteiger partial charge in [0.2, 0.25) is 5.09 Å². The zero-order valence-electron chi connectivity index (χ0n) is 11.9. The number of furan rings is 1. The minimum Gasteiger partial charge on any atom is -0.496 e. The van der Waals surface area contributed by atoms with Crippen molar-refractivity contribution in [3.8, 4) is 5.75 Å². The highest BCUT2D eigenvalue weighted by molar-refractivity contribution is 7.89. The standard InChI is InChI=1S/C14H18N2O4S/c1-15-10-12-7-8-14(20-12)21(17,18)16-9-11-5-3-4-6-13(11)19-2/h3-8,15-16H,9-10H2,1-2H3. The summed E-state index contributed by atoms with van der Waals surface area (Å²) in [5, 5.41) is 2.80. The normalized spacial score (nSPS) is 11.5. The van der Waals surface area contributed by atoms with E-state index in [1.54, 1.807) is 32.4 Å². The van der Waals surface area contributed by atoms with E-state index in [-0.39, 0.29) is 11.6 Å². The van der Waals surface area contributed by atoms with Gasteiger partial charge in [-0.15, -0.1) is 0 Å². The van der Waals surface area contributed by atoms with Gasteiger partial charge in [0, 0.05) is 12.1 Å². The smallest absolute Gasteiger partial charge is 0.274 e. The van der Waals surface area contributed by atoms with E-state index >= 15 is 0 Å². The fourth-order valence-corrected chi connectivity index (χ4v) is 2.82. The SMILES string of the molecule is CNCc1ccc(S(=O)(=O)NCc2ccccc2OC)o1. The van der Waals surface area contributed by atoms with E-state index < -0.39 is 10.0 Å². The van der Waals surface area contributed by atoms with Crippen molar-refractivity contribution in [3.63, 3.8) is 0 Å². The van der Waals surface area contributed by atoms with E-state index in [2.05, 4.69) is 10.0 Å². The van der Waals surface area contributed by atoms with Crippen LogP contribution in [0.4, 0.5) is 0 Å². The van der Waals surface area contributed by atoms with Gasteiger partial charge in [-0.1, -0.05) is 18.2 Å². The predicted molar refractivity (Wildman–Crippen MR) is 78.5 cm³/mol. The number of hydrogen-bond acceptors (Lipinski definition) is 5. The Morgan fingerprint density at radius 2 is 1.90 bits per heavy atom. The minimum atomic E-state index is -3.68. The molecule has 0 aliphatic rings. The van der Waals surface area contributed by atoms with Crippen LogP contribution in [0.3, 0.4) is 0 Å². The number of para-hydroxylation sites is 1. The van der Waals surface area contributed by atoms with E-state index in [1.165, 1.54) is 6.07 Å². The van der Waals surface area contributed by atoms with Gasteiger partial charge in [-0.25, -0.2) is 13.1 Å². The third kappa shape index (κ3) is 3.84. The molecule has 114 valence electrons. The Labute approximate surface area is 124 Å².